The first-order valence-electron chi connectivity index (χ1n) is 5.23. The summed E-state index contributed by atoms with van der Waals surface area (Å²) in [5.74, 6) is 0.559. The van der Waals surface area contributed by atoms with Crippen LogP contribution in [-0.4, -0.2) is 17.2 Å². The van der Waals surface area contributed by atoms with Gasteiger partial charge >= 0.3 is 0 Å². The van der Waals surface area contributed by atoms with Crippen LogP contribution >= 0.6 is 0 Å². The number of rotatable bonds is 1. The van der Waals surface area contributed by atoms with Crippen molar-refractivity contribution in [2.24, 2.45) is 0 Å². The minimum absolute atomic E-state index is 0.356. The quantitative estimate of drug-likeness (QED) is 0.679. The van der Waals surface area contributed by atoms with E-state index in [1.165, 1.54) is 5.69 Å². The van der Waals surface area contributed by atoms with Gasteiger partial charge in [-0.15, -0.1) is 0 Å². The third kappa shape index (κ3) is 2.13. The van der Waals surface area contributed by atoms with Gasteiger partial charge in [0.15, 0.2) is 0 Å². The van der Waals surface area contributed by atoms with Gasteiger partial charge in [0.2, 0.25) is 0 Å². The molecule has 0 spiro atoms. The zero-order valence-electron chi connectivity index (χ0n) is 8.73. The zero-order chi connectivity index (χ0) is 9.97. The van der Waals surface area contributed by atoms with Crippen LogP contribution in [0.5, 0.6) is 0 Å². The lowest BCUT2D eigenvalue weighted by atomic mass is 9.89. The minimum atomic E-state index is 0.356. The molecule has 2 atom stereocenters. The molecule has 0 aliphatic carbocycles. The molecule has 75 valence electrons. The molecule has 0 bridgehead atoms. The molecule has 2 rings (SSSR count). The van der Waals surface area contributed by atoms with Gasteiger partial charge in [-0.05, 0) is 32.8 Å². The highest BCUT2D eigenvalue weighted by molar-refractivity contribution is 5.10. The first kappa shape index (κ1) is 9.66. The zero-order valence-corrected chi connectivity index (χ0v) is 8.73. The fraction of sp³-hybridized carbons (Fsp3) is 0.583. The molecule has 1 aliphatic rings. The highest BCUT2D eigenvalue weighted by Crippen LogP contribution is 2.31. The summed E-state index contributed by atoms with van der Waals surface area (Å²) in [6.45, 7) is 4.27. The molecule has 2 heterocycles. The molecule has 2 nitrogen and oxygen atoms in total. The predicted octanol–water partition coefficient (Wildman–Crippen LogP) is 2.55. The van der Waals surface area contributed by atoms with Gasteiger partial charge in [-0.3, -0.25) is 4.98 Å². The third-order valence-electron chi connectivity index (χ3n) is 2.75. The first-order chi connectivity index (χ1) is 6.75. The summed E-state index contributed by atoms with van der Waals surface area (Å²) in [5.41, 5.74) is 1.19. The van der Waals surface area contributed by atoms with Crippen LogP contribution in [-0.2, 0) is 4.74 Å². The van der Waals surface area contributed by atoms with E-state index >= 15 is 0 Å². The fourth-order valence-corrected chi connectivity index (χ4v) is 2.22. The van der Waals surface area contributed by atoms with E-state index in [-0.39, 0.29) is 0 Å². The molecule has 1 fully saturated rings. The number of nitrogens with zero attached hydrogens (tertiary/aromatic N) is 1. The molecule has 0 amide bonds. The summed E-state index contributed by atoms with van der Waals surface area (Å²) in [5, 5.41) is 0. The summed E-state index contributed by atoms with van der Waals surface area (Å²) in [6.07, 6.45) is 4.63. The summed E-state index contributed by atoms with van der Waals surface area (Å²) >= 11 is 0. The monoisotopic (exact) mass is 190 g/mol. The SMILES string of the molecule is CC1CC(c2cc[c]cn2)CC(C)O1. The summed E-state index contributed by atoms with van der Waals surface area (Å²) in [6, 6.07) is 6.95. The summed E-state index contributed by atoms with van der Waals surface area (Å²) in [4.78, 5) is 4.36. The number of hydrogen-bond acceptors (Lipinski definition) is 2. The van der Waals surface area contributed by atoms with Crippen molar-refractivity contribution in [3.05, 3.63) is 30.1 Å². The van der Waals surface area contributed by atoms with E-state index < -0.39 is 0 Å². The Balaban J connectivity index is 2.11. The van der Waals surface area contributed by atoms with E-state index in [1.54, 1.807) is 6.20 Å². The van der Waals surface area contributed by atoms with Crippen molar-refractivity contribution in [3.63, 3.8) is 0 Å². The Labute approximate surface area is 85.3 Å². The van der Waals surface area contributed by atoms with Gasteiger partial charge < -0.3 is 4.74 Å². The second-order valence-corrected chi connectivity index (χ2v) is 4.11. The van der Waals surface area contributed by atoms with Crippen molar-refractivity contribution in [2.45, 2.75) is 44.8 Å². The molecule has 1 aliphatic heterocycles. The van der Waals surface area contributed by atoms with E-state index in [0.717, 1.165) is 12.8 Å². The molecule has 14 heavy (non-hydrogen) atoms. The molecule has 1 radical (unpaired) electrons. The lowest BCUT2D eigenvalue weighted by Gasteiger charge is -2.31. The molecule has 1 saturated heterocycles. The highest BCUT2D eigenvalue weighted by Gasteiger charge is 2.25. The molecular weight excluding hydrogens is 174 g/mol. The Morgan fingerprint density at radius 1 is 1.36 bits per heavy atom. The minimum Gasteiger partial charge on any atom is -0.376 e. The number of ether oxygens (including phenoxy) is 1. The summed E-state index contributed by atoms with van der Waals surface area (Å²) in [7, 11) is 0. The van der Waals surface area contributed by atoms with Crippen LogP contribution in [0, 0.1) is 6.07 Å². The molecule has 1 aromatic heterocycles. The maximum atomic E-state index is 5.70. The Morgan fingerprint density at radius 2 is 2.07 bits per heavy atom. The molecule has 0 aromatic carbocycles. The average molecular weight is 190 g/mol. The average Bonchev–Trinajstić information content (AvgIpc) is 2.18. The van der Waals surface area contributed by atoms with E-state index in [4.69, 9.17) is 4.74 Å². The second-order valence-electron chi connectivity index (χ2n) is 4.11. The number of aromatic nitrogens is 1. The van der Waals surface area contributed by atoms with Gasteiger partial charge in [-0.1, -0.05) is 6.07 Å². The van der Waals surface area contributed by atoms with Crippen molar-refractivity contribution in [1.29, 1.82) is 0 Å². The molecular formula is C12H16NO. The van der Waals surface area contributed by atoms with E-state index in [9.17, 15) is 0 Å². The topological polar surface area (TPSA) is 22.1 Å². The first-order valence-corrected chi connectivity index (χ1v) is 5.23. The smallest absolute Gasteiger partial charge is 0.0557 e. The van der Waals surface area contributed by atoms with E-state index in [1.807, 2.05) is 6.07 Å². The van der Waals surface area contributed by atoms with Crippen LogP contribution in [0.15, 0.2) is 18.3 Å². The van der Waals surface area contributed by atoms with Crippen LogP contribution in [0.25, 0.3) is 0 Å². The van der Waals surface area contributed by atoms with Crippen LogP contribution in [0.4, 0.5) is 0 Å². The Hall–Kier alpha value is -0.890. The van der Waals surface area contributed by atoms with Crippen molar-refractivity contribution in [3.8, 4) is 0 Å². The van der Waals surface area contributed by atoms with Gasteiger partial charge in [0, 0.05) is 23.9 Å². The van der Waals surface area contributed by atoms with Crippen molar-refractivity contribution in [1.82, 2.24) is 4.98 Å². The number of pyridine rings is 1. The molecule has 2 heteroatoms. The highest BCUT2D eigenvalue weighted by atomic mass is 16.5. The largest absolute Gasteiger partial charge is 0.376 e. The van der Waals surface area contributed by atoms with Crippen LogP contribution in [0.1, 0.15) is 38.3 Å². The van der Waals surface area contributed by atoms with Crippen molar-refractivity contribution >= 4 is 0 Å². The van der Waals surface area contributed by atoms with Crippen LogP contribution in [0.3, 0.4) is 0 Å². The van der Waals surface area contributed by atoms with Gasteiger partial charge in [0.1, 0.15) is 0 Å². The molecule has 0 saturated carbocycles. The third-order valence-corrected chi connectivity index (χ3v) is 2.75. The molecule has 0 N–H and O–H groups in total. The predicted molar refractivity (Wildman–Crippen MR) is 55.1 cm³/mol. The maximum Gasteiger partial charge on any atom is 0.0557 e. The van der Waals surface area contributed by atoms with E-state index in [0.29, 0.717) is 18.1 Å². The van der Waals surface area contributed by atoms with Crippen LogP contribution in [0.2, 0.25) is 0 Å². The van der Waals surface area contributed by atoms with Gasteiger partial charge in [-0.2, -0.15) is 0 Å². The molecule has 2 unspecified atom stereocenters. The molecule has 1 aromatic rings. The Morgan fingerprint density at radius 3 is 2.64 bits per heavy atom. The lowest BCUT2D eigenvalue weighted by molar-refractivity contribution is -0.0385. The van der Waals surface area contributed by atoms with E-state index in [2.05, 4.69) is 31.0 Å². The van der Waals surface area contributed by atoms with Gasteiger partial charge in [0.05, 0.1) is 12.2 Å². The van der Waals surface area contributed by atoms with Crippen molar-refractivity contribution < 1.29 is 4.74 Å². The van der Waals surface area contributed by atoms with Crippen LogP contribution < -0.4 is 0 Å². The Kier molecular flexibility index (Phi) is 2.82. The van der Waals surface area contributed by atoms with Crippen molar-refractivity contribution in [2.75, 3.05) is 0 Å². The summed E-state index contributed by atoms with van der Waals surface area (Å²) < 4.78 is 5.70. The normalized spacial score (nSPS) is 32.9. The standard InChI is InChI=1S/C12H16NO/c1-9-7-11(8-10(2)14-9)12-5-3-4-6-13-12/h3,5-6,9-11H,7-8H2,1-2H3. The van der Waals surface area contributed by atoms with Gasteiger partial charge in [-0.25, -0.2) is 0 Å². The second kappa shape index (κ2) is 4.09. The van der Waals surface area contributed by atoms with Gasteiger partial charge in [0.25, 0.3) is 0 Å². The Bertz CT molecular complexity index is 276. The lowest BCUT2D eigenvalue weighted by Crippen LogP contribution is -2.28. The number of hydrogen-bond donors (Lipinski definition) is 0. The maximum absolute atomic E-state index is 5.70. The fourth-order valence-electron chi connectivity index (χ4n) is 2.22.